The van der Waals surface area contributed by atoms with E-state index in [1.54, 1.807) is 19.3 Å². The highest BCUT2D eigenvalue weighted by Crippen LogP contribution is 2.55. The van der Waals surface area contributed by atoms with Crippen molar-refractivity contribution in [2.75, 3.05) is 12.9 Å². The number of ether oxygens (including phenoxy) is 1. The van der Waals surface area contributed by atoms with E-state index in [9.17, 15) is 4.79 Å². The second kappa shape index (κ2) is 6.84. The summed E-state index contributed by atoms with van der Waals surface area (Å²) in [4.78, 5) is 12.8. The minimum Gasteiger partial charge on any atom is -0.497 e. The van der Waals surface area contributed by atoms with Gasteiger partial charge in [-0.15, -0.1) is 23.5 Å². The van der Waals surface area contributed by atoms with Gasteiger partial charge in [0.15, 0.2) is 5.78 Å². The molecule has 0 saturated carbocycles. The van der Waals surface area contributed by atoms with E-state index in [-0.39, 0.29) is 11.2 Å². The van der Waals surface area contributed by atoms with Crippen molar-refractivity contribution in [3.8, 4) is 5.75 Å². The quantitative estimate of drug-likeness (QED) is 0.616. The first-order chi connectivity index (χ1) is 10.6. The Labute approximate surface area is 152 Å². The molecule has 1 aliphatic carbocycles. The molecule has 1 spiro atoms. The van der Waals surface area contributed by atoms with Gasteiger partial charge in [-0.25, -0.2) is 0 Å². The summed E-state index contributed by atoms with van der Waals surface area (Å²) in [6.07, 6.45) is 7.52. The largest absolute Gasteiger partial charge is 0.497 e. The molecule has 1 heterocycles. The number of methoxy groups -OCH3 is 1. The number of hydrogen-bond acceptors (Lipinski definition) is 4. The summed E-state index contributed by atoms with van der Waals surface area (Å²) in [5.74, 6) is 2.87. The van der Waals surface area contributed by atoms with Gasteiger partial charge in [-0.05, 0) is 52.4 Å². The number of carbonyl (C=O) groups is 1. The Morgan fingerprint density at radius 3 is 2.59 bits per heavy atom. The number of thioether (sulfide) groups is 2. The van der Waals surface area contributed by atoms with Crippen LogP contribution in [0.4, 0.5) is 0 Å². The monoisotopic (exact) mass is 442 g/mol. The van der Waals surface area contributed by atoms with Gasteiger partial charge in [0.05, 0.1) is 10.0 Å². The van der Waals surface area contributed by atoms with E-state index in [1.807, 2.05) is 35.7 Å². The zero-order valence-corrected chi connectivity index (χ0v) is 15.8. The van der Waals surface area contributed by atoms with Gasteiger partial charge in [0.2, 0.25) is 0 Å². The highest BCUT2D eigenvalue weighted by Gasteiger charge is 2.38. The van der Waals surface area contributed by atoms with Gasteiger partial charge in [-0.2, -0.15) is 0 Å². The first-order valence-electron chi connectivity index (χ1n) is 6.84. The normalized spacial score (nSPS) is 19.3. The molecule has 0 bridgehead atoms. The molecule has 1 aliphatic heterocycles. The Hall–Kier alpha value is -0.660. The fourth-order valence-electron chi connectivity index (χ4n) is 2.39. The molecule has 2 nitrogen and oxygen atoms in total. The molecule has 1 aromatic rings. The third-order valence-electron chi connectivity index (χ3n) is 3.67. The summed E-state index contributed by atoms with van der Waals surface area (Å²) in [5.41, 5.74) is 1.18. The van der Waals surface area contributed by atoms with Gasteiger partial charge in [-0.1, -0.05) is 24.3 Å². The summed E-state index contributed by atoms with van der Waals surface area (Å²) in [6.45, 7) is 0. The van der Waals surface area contributed by atoms with Crippen LogP contribution in [0, 0.1) is 5.41 Å². The van der Waals surface area contributed by atoms with Crippen LogP contribution in [0.25, 0.3) is 0 Å². The molecule has 1 aromatic carbocycles. The summed E-state index contributed by atoms with van der Waals surface area (Å²) in [5, 5.41) is 0. The van der Waals surface area contributed by atoms with E-state index in [1.165, 1.54) is 13.4 Å². The lowest BCUT2D eigenvalue weighted by Crippen LogP contribution is -2.20. The molecule has 0 aromatic heterocycles. The van der Waals surface area contributed by atoms with Gasteiger partial charge in [0.1, 0.15) is 5.75 Å². The summed E-state index contributed by atoms with van der Waals surface area (Å²) < 4.78 is 6.53. The number of benzene rings is 1. The molecule has 0 fully saturated rings. The van der Waals surface area contributed by atoms with Crippen molar-refractivity contribution < 1.29 is 9.53 Å². The number of ketones is 1. The minimum atomic E-state index is -0.0910. The third kappa shape index (κ3) is 3.31. The van der Waals surface area contributed by atoms with Crippen LogP contribution < -0.4 is 4.74 Å². The SMILES string of the molecule is COc1ccc(CSC2=C(I)SCC23C=CC(=O)C=C3)cc1. The Morgan fingerprint density at radius 2 is 1.95 bits per heavy atom. The maximum absolute atomic E-state index is 11.4. The molecule has 0 amide bonds. The summed E-state index contributed by atoms with van der Waals surface area (Å²) in [6, 6.07) is 8.19. The predicted octanol–water partition coefficient (Wildman–Crippen LogP) is 4.96. The number of hydrogen-bond donors (Lipinski definition) is 0. The van der Waals surface area contributed by atoms with Gasteiger partial charge in [0, 0.05) is 21.8 Å². The number of allylic oxidation sites excluding steroid dienone is 5. The third-order valence-corrected chi connectivity index (χ3v) is 8.07. The average Bonchev–Trinajstić information content (AvgIpc) is 2.85. The van der Waals surface area contributed by atoms with Crippen LogP contribution in [0.15, 0.2) is 56.4 Å². The van der Waals surface area contributed by atoms with E-state index in [0.29, 0.717) is 0 Å². The smallest absolute Gasteiger partial charge is 0.178 e. The van der Waals surface area contributed by atoms with Crippen LogP contribution in [-0.4, -0.2) is 18.6 Å². The number of carbonyl (C=O) groups excluding carboxylic acids is 1. The van der Waals surface area contributed by atoms with E-state index in [2.05, 4.69) is 46.9 Å². The number of rotatable bonds is 4. The zero-order chi connectivity index (χ0) is 15.6. The van der Waals surface area contributed by atoms with Crippen molar-refractivity contribution in [3.05, 3.63) is 62.0 Å². The average molecular weight is 442 g/mol. The van der Waals surface area contributed by atoms with Crippen molar-refractivity contribution in [2.45, 2.75) is 5.75 Å². The second-order valence-electron chi connectivity index (χ2n) is 5.14. The maximum atomic E-state index is 11.4. The van der Waals surface area contributed by atoms with E-state index < -0.39 is 0 Å². The van der Waals surface area contributed by atoms with E-state index >= 15 is 0 Å². The topological polar surface area (TPSA) is 26.3 Å². The Kier molecular flexibility index (Phi) is 5.04. The molecule has 0 N–H and O–H groups in total. The van der Waals surface area contributed by atoms with Crippen molar-refractivity contribution in [1.29, 1.82) is 0 Å². The van der Waals surface area contributed by atoms with Crippen LogP contribution >= 0.6 is 46.1 Å². The fraction of sp³-hybridized carbons (Fsp3) is 0.235. The molecule has 0 unspecified atom stereocenters. The van der Waals surface area contributed by atoms with Crippen LogP contribution in [0.2, 0.25) is 0 Å². The van der Waals surface area contributed by atoms with Gasteiger partial charge in [-0.3, -0.25) is 4.79 Å². The lowest BCUT2D eigenvalue weighted by atomic mass is 9.86. The van der Waals surface area contributed by atoms with Crippen LogP contribution in [0.5, 0.6) is 5.75 Å². The van der Waals surface area contributed by atoms with Crippen LogP contribution in [0.3, 0.4) is 0 Å². The zero-order valence-electron chi connectivity index (χ0n) is 12.0. The standard InChI is InChI=1S/C17H15IO2S2/c1-20-14-4-2-12(3-5-14)10-21-15-16(18)22-11-17(15)8-6-13(19)7-9-17/h2-9H,10-11H2,1H3. The highest BCUT2D eigenvalue weighted by atomic mass is 127. The van der Waals surface area contributed by atoms with Crippen molar-refractivity contribution in [3.63, 3.8) is 0 Å². The summed E-state index contributed by atoms with van der Waals surface area (Å²) in [7, 11) is 1.68. The molecule has 0 radical (unpaired) electrons. The Morgan fingerprint density at radius 1 is 1.27 bits per heavy atom. The minimum absolute atomic E-state index is 0.0806. The van der Waals surface area contributed by atoms with Gasteiger partial charge >= 0.3 is 0 Å². The number of halogens is 1. The van der Waals surface area contributed by atoms with Crippen molar-refractivity contribution in [2.24, 2.45) is 5.41 Å². The Balaban J connectivity index is 1.75. The molecule has 0 saturated heterocycles. The molecular formula is C17H15IO2S2. The van der Waals surface area contributed by atoms with Gasteiger partial charge < -0.3 is 4.74 Å². The Bertz CT molecular complexity index is 658. The molecule has 3 rings (SSSR count). The molecule has 5 heteroatoms. The first kappa shape index (κ1) is 16.2. The van der Waals surface area contributed by atoms with Gasteiger partial charge in [0.25, 0.3) is 0 Å². The molecule has 22 heavy (non-hydrogen) atoms. The second-order valence-corrected chi connectivity index (χ2v) is 8.92. The first-order valence-corrected chi connectivity index (χ1v) is 9.89. The molecule has 0 atom stereocenters. The predicted molar refractivity (Wildman–Crippen MR) is 104 cm³/mol. The lowest BCUT2D eigenvalue weighted by molar-refractivity contribution is -0.110. The molecular weight excluding hydrogens is 427 g/mol. The van der Waals surface area contributed by atoms with Crippen molar-refractivity contribution in [1.82, 2.24) is 0 Å². The van der Waals surface area contributed by atoms with Crippen LogP contribution in [-0.2, 0) is 10.5 Å². The van der Waals surface area contributed by atoms with Crippen LogP contribution in [0.1, 0.15) is 5.56 Å². The molecule has 114 valence electrons. The van der Waals surface area contributed by atoms with E-state index in [4.69, 9.17) is 4.74 Å². The van der Waals surface area contributed by atoms with Crippen molar-refractivity contribution >= 4 is 51.9 Å². The lowest BCUT2D eigenvalue weighted by Gasteiger charge is -2.26. The summed E-state index contributed by atoms with van der Waals surface area (Å²) >= 11 is 6.14. The molecule has 2 aliphatic rings. The highest BCUT2D eigenvalue weighted by molar-refractivity contribution is 14.1. The van der Waals surface area contributed by atoms with E-state index in [0.717, 1.165) is 17.3 Å². The fourth-order valence-corrected chi connectivity index (χ4v) is 6.38. The maximum Gasteiger partial charge on any atom is 0.178 e.